The van der Waals surface area contributed by atoms with Crippen molar-refractivity contribution in [1.29, 1.82) is 0 Å². The topological polar surface area (TPSA) is 29.1 Å². The molecular weight excluding hydrogens is 327 g/mol. The van der Waals surface area contributed by atoms with Crippen molar-refractivity contribution < 1.29 is 18.0 Å². The maximum Gasteiger partial charge on any atom is 0.416 e. The van der Waals surface area contributed by atoms with E-state index in [0.717, 1.165) is 12.1 Å². The second-order valence-electron chi connectivity index (χ2n) is 5.50. The maximum atomic E-state index is 13.3. The third kappa shape index (κ3) is 3.88. The molecule has 3 aromatic carbocycles. The zero-order chi connectivity index (χ0) is 17.9. The Labute approximate surface area is 142 Å². The smallest absolute Gasteiger partial charge is 0.329 e. The van der Waals surface area contributed by atoms with Crippen molar-refractivity contribution in [2.75, 3.05) is 5.32 Å². The molecule has 0 aliphatic rings. The zero-order valence-electron chi connectivity index (χ0n) is 13.0. The Morgan fingerprint density at radius 2 is 1.28 bits per heavy atom. The number of nitrogens with one attached hydrogen (secondary N) is 1. The van der Waals surface area contributed by atoms with Gasteiger partial charge in [-0.1, -0.05) is 42.5 Å². The van der Waals surface area contributed by atoms with Gasteiger partial charge in [-0.05, 0) is 52.6 Å². The van der Waals surface area contributed by atoms with Crippen LogP contribution in [0.25, 0.3) is 22.3 Å². The number of carbonyl (C=O) groups is 1. The second-order valence-corrected chi connectivity index (χ2v) is 5.50. The van der Waals surface area contributed by atoms with E-state index in [1.165, 1.54) is 0 Å². The standard InChI is InChI=1S/C20H14F3NO/c21-20(22,23)18-11-16(14-4-2-1-3-5-14)10-17(12-18)15-6-8-19(9-7-15)24-13-25/h1-13H,(H,24,25). The number of hydrogen-bond acceptors (Lipinski definition) is 1. The number of hydrogen-bond donors (Lipinski definition) is 1. The van der Waals surface area contributed by atoms with Crippen LogP contribution in [0.2, 0.25) is 0 Å². The molecule has 5 heteroatoms. The Morgan fingerprint density at radius 3 is 1.80 bits per heavy atom. The minimum atomic E-state index is -4.43. The third-order valence-corrected chi connectivity index (χ3v) is 3.81. The predicted molar refractivity (Wildman–Crippen MR) is 92.0 cm³/mol. The van der Waals surface area contributed by atoms with Crippen LogP contribution in [0.4, 0.5) is 18.9 Å². The SMILES string of the molecule is O=CNc1ccc(-c2cc(-c3ccccc3)cc(C(F)(F)F)c2)cc1. The van der Waals surface area contributed by atoms with Crippen LogP contribution in [0.1, 0.15) is 5.56 Å². The van der Waals surface area contributed by atoms with Crippen molar-refractivity contribution in [2.45, 2.75) is 6.18 Å². The summed E-state index contributed by atoms with van der Waals surface area (Å²) >= 11 is 0. The molecule has 2 nitrogen and oxygen atoms in total. The molecule has 0 radical (unpaired) electrons. The first-order chi connectivity index (χ1) is 12.0. The fraction of sp³-hybridized carbons (Fsp3) is 0.0500. The van der Waals surface area contributed by atoms with Crippen molar-refractivity contribution >= 4 is 12.1 Å². The van der Waals surface area contributed by atoms with Gasteiger partial charge in [0.25, 0.3) is 0 Å². The van der Waals surface area contributed by atoms with Gasteiger partial charge in [-0.25, -0.2) is 0 Å². The Kier molecular flexibility index (Phi) is 4.57. The van der Waals surface area contributed by atoms with Gasteiger partial charge in [-0.3, -0.25) is 4.79 Å². The van der Waals surface area contributed by atoms with Gasteiger partial charge < -0.3 is 5.32 Å². The summed E-state index contributed by atoms with van der Waals surface area (Å²) in [5.41, 5.74) is 2.20. The van der Waals surface area contributed by atoms with Gasteiger partial charge in [0.05, 0.1) is 5.56 Å². The van der Waals surface area contributed by atoms with E-state index in [1.54, 1.807) is 54.6 Å². The van der Waals surface area contributed by atoms with Crippen LogP contribution in [0, 0.1) is 0 Å². The number of halogens is 3. The average Bonchev–Trinajstić information content (AvgIpc) is 2.62. The highest BCUT2D eigenvalue weighted by atomic mass is 19.4. The molecule has 0 aliphatic heterocycles. The summed E-state index contributed by atoms with van der Waals surface area (Å²) < 4.78 is 39.9. The lowest BCUT2D eigenvalue weighted by atomic mass is 9.96. The molecule has 0 heterocycles. The number of carbonyl (C=O) groups excluding carboxylic acids is 1. The van der Waals surface area contributed by atoms with Crippen molar-refractivity contribution in [3.8, 4) is 22.3 Å². The van der Waals surface area contributed by atoms with Crippen molar-refractivity contribution in [3.63, 3.8) is 0 Å². The van der Waals surface area contributed by atoms with E-state index in [2.05, 4.69) is 5.32 Å². The van der Waals surface area contributed by atoms with E-state index in [0.29, 0.717) is 34.4 Å². The lowest BCUT2D eigenvalue weighted by molar-refractivity contribution is -0.137. The largest absolute Gasteiger partial charge is 0.416 e. The number of amides is 1. The number of anilines is 1. The molecule has 0 saturated heterocycles. The Bertz CT molecular complexity index is 872. The van der Waals surface area contributed by atoms with Gasteiger partial charge in [0.2, 0.25) is 6.41 Å². The summed E-state index contributed by atoms with van der Waals surface area (Å²) in [6.45, 7) is 0. The molecule has 126 valence electrons. The molecule has 0 bridgehead atoms. The molecular formula is C20H14F3NO. The minimum absolute atomic E-state index is 0.464. The summed E-state index contributed by atoms with van der Waals surface area (Å²) in [7, 11) is 0. The Morgan fingerprint density at radius 1 is 0.720 bits per heavy atom. The molecule has 3 rings (SSSR count). The molecule has 0 fully saturated rings. The highest BCUT2D eigenvalue weighted by Gasteiger charge is 2.31. The van der Waals surface area contributed by atoms with Crippen LogP contribution < -0.4 is 5.32 Å². The second kappa shape index (κ2) is 6.81. The van der Waals surface area contributed by atoms with Crippen LogP contribution in [-0.4, -0.2) is 6.41 Å². The van der Waals surface area contributed by atoms with Gasteiger partial charge in [-0.15, -0.1) is 0 Å². The predicted octanol–water partition coefficient (Wildman–Crippen LogP) is 5.61. The van der Waals surface area contributed by atoms with E-state index in [9.17, 15) is 18.0 Å². The van der Waals surface area contributed by atoms with Gasteiger partial charge in [-0.2, -0.15) is 13.2 Å². The monoisotopic (exact) mass is 341 g/mol. The van der Waals surface area contributed by atoms with Crippen molar-refractivity contribution in [2.24, 2.45) is 0 Å². The van der Waals surface area contributed by atoms with Crippen LogP contribution in [-0.2, 0) is 11.0 Å². The van der Waals surface area contributed by atoms with Crippen molar-refractivity contribution in [3.05, 3.63) is 78.4 Å². The Balaban J connectivity index is 2.10. The molecule has 3 aromatic rings. The summed E-state index contributed by atoms with van der Waals surface area (Å²) in [6.07, 6.45) is -3.88. The first kappa shape index (κ1) is 16.8. The van der Waals surface area contributed by atoms with Crippen LogP contribution >= 0.6 is 0 Å². The summed E-state index contributed by atoms with van der Waals surface area (Å²) in [4.78, 5) is 10.4. The van der Waals surface area contributed by atoms with Gasteiger partial charge in [0, 0.05) is 5.69 Å². The first-order valence-electron chi connectivity index (χ1n) is 7.56. The maximum absolute atomic E-state index is 13.3. The molecule has 1 amide bonds. The molecule has 0 aromatic heterocycles. The fourth-order valence-electron chi connectivity index (χ4n) is 2.58. The minimum Gasteiger partial charge on any atom is -0.329 e. The van der Waals surface area contributed by atoms with E-state index >= 15 is 0 Å². The van der Waals surface area contributed by atoms with Gasteiger partial charge in [0.1, 0.15) is 0 Å². The van der Waals surface area contributed by atoms with E-state index in [-0.39, 0.29) is 0 Å². The van der Waals surface area contributed by atoms with E-state index in [4.69, 9.17) is 0 Å². The molecule has 0 aliphatic carbocycles. The zero-order valence-corrected chi connectivity index (χ0v) is 13.0. The van der Waals surface area contributed by atoms with Crippen molar-refractivity contribution in [1.82, 2.24) is 0 Å². The van der Waals surface area contributed by atoms with E-state index < -0.39 is 11.7 Å². The summed E-state index contributed by atoms with van der Waals surface area (Å²) in [5.74, 6) is 0. The van der Waals surface area contributed by atoms with Crippen LogP contribution in [0.3, 0.4) is 0 Å². The highest BCUT2D eigenvalue weighted by Crippen LogP contribution is 2.36. The molecule has 25 heavy (non-hydrogen) atoms. The number of benzene rings is 3. The molecule has 1 N–H and O–H groups in total. The van der Waals surface area contributed by atoms with Crippen LogP contribution in [0.5, 0.6) is 0 Å². The summed E-state index contributed by atoms with van der Waals surface area (Å²) in [6, 6.07) is 19.6. The number of alkyl halides is 3. The average molecular weight is 341 g/mol. The van der Waals surface area contributed by atoms with E-state index in [1.807, 2.05) is 6.07 Å². The van der Waals surface area contributed by atoms with Gasteiger partial charge >= 0.3 is 6.18 Å². The fourth-order valence-corrected chi connectivity index (χ4v) is 2.58. The summed E-state index contributed by atoms with van der Waals surface area (Å²) in [5, 5.41) is 2.50. The molecule has 0 unspecified atom stereocenters. The molecule has 0 atom stereocenters. The Hall–Kier alpha value is -3.08. The highest BCUT2D eigenvalue weighted by molar-refractivity contribution is 5.77. The lowest BCUT2D eigenvalue weighted by Crippen LogP contribution is -2.05. The first-order valence-corrected chi connectivity index (χ1v) is 7.56. The molecule has 0 saturated carbocycles. The van der Waals surface area contributed by atoms with Gasteiger partial charge in [0.15, 0.2) is 0 Å². The van der Waals surface area contributed by atoms with Crippen LogP contribution in [0.15, 0.2) is 72.8 Å². The third-order valence-electron chi connectivity index (χ3n) is 3.81. The quantitative estimate of drug-likeness (QED) is 0.614. The molecule has 0 spiro atoms. The normalized spacial score (nSPS) is 11.2. The lowest BCUT2D eigenvalue weighted by Gasteiger charge is -2.13. The number of rotatable bonds is 4.